The predicted molar refractivity (Wildman–Crippen MR) is 103 cm³/mol. The first kappa shape index (κ1) is 19.2. The molecule has 0 saturated carbocycles. The zero-order chi connectivity index (χ0) is 18.1. The lowest BCUT2D eigenvalue weighted by Crippen LogP contribution is -2.45. The van der Waals surface area contributed by atoms with Crippen molar-refractivity contribution in [2.75, 3.05) is 40.3 Å². The maximum Gasteiger partial charge on any atom is 0.243 e. The van der Waals surface area contributed by atoms with Crippen LogP contribution in [0.3, 0.4) is 0 Å². The number of benzene rings is 1. The Morgan fingerprint density at radius 3 is 2.72 bits per heavy atom. The fourth-order valence-electron chi connectivity index (χ4n) is 3.00. The van der Waals surface area contributed by atoms with Crippen LogP contribution in [0.5, 0.6) is 0 Å². The zero-order valence-corrected chi connectivity index (χ0v) is 15.7. The molecule has 0 bridgehead atoms. The van der Waals surface area contributed by atoms with Crippen molar-refractivity contribution in [3.8, 4) is 0 Å². The number of nitrogens with one attached hydrogen (secondary N) is 2. The number of aliphatic imine (C=N–C) groups is 1. The normalized spacial score (nSPS) is 18.2. The lowest BCUT2D eigenvalue weighted by molar-refractivity contribution is -0.127. The van der Waals surface area contributed by atoms with Gasteiger partial charge in [0.2, 0.25) is 5.91 Å². The first-order valence-electron chi connectivity index (χ1n) is 9.10. The molecule has 1 aliphatic rings. The quantitative estimate of drug-likeness (QED) is 0.578. The molecule has 6 nitrogen and oxygen atoms in total. The van der Waals surface area contributed by atoms with Crippen molar-refractivity contribution in [1.82, 2.24) is 20.4 Å². The fourth-order valence-corrected chi connectivity index (χ4v) is 3.00. The molecule has 0 aliphatic carbocycles. The number of likely N-dealkylation sites (N-methyl/N-ethyl adjacent to an activating group) is 1. The van der Waals surface area contributed by atoms with E-state index in [9.17, 15) is 4.79 Å². The highest BCUT2D eigenvalue weighted by Crippen LogP contribution is 2.19. The van der Waals surface area contributed by atoms with Gasteiger partial charge in [-0.15, -0.1) is 0 Å². The minimum Gasteiger partial charge on any atom is -0.357 e. The summed E-state index contributed by atoms with van der Waals surface area (Å²) in [5.41, 5.74) is 1.35. The Balaban J connectivity index is 1.87. The third kappa shape index (κ3) is 6.38. The first-order valence-corrected chi connectivity index (χ1v) is 9.10. The Kier molecular flexibility index (Phi) is 7.73. The van der Waals surface area contributed by atoms with E-state index in [1.54, 1.807) is 19.0 Å². The van der Waals surface area contributed by atoms with Gasteiger partial charge in [0.15, 0.2) is 5.96 Å². The Morgan fingerprint density at radius 1 is 1.28 bits per heavy atom. The van der Waals surface area contributed by atoms with Crippen LogP contribution in [0.2, 0.25) is 0 Å². The van der Waals surface area contributed by atoms with Crippen LogP contribution >= 0.6 is 0 Å². The topological polar surface area (TPSA) is 60.0 Å². The van der Waals surface area contributed by atoms with Gasteiger partial charge in [0.1, 0.15) is 6.54 Å². The lowest BCUT2D eigenvalue weighted by Gasteiger charge is -2.25. The summed E-state index contributed by atoms with van der Waals surface area (Å²) in [6, 6.07) is 11.1. The largest absolute Gasteiger partial charge is 0.357 e. The number of guanidine groups is 1. The second-order valence-corrected chi connectivity index (χ2v) is 6.62. The van der Waals surface area contributed by atoms with Crippen LogP contribution < -0.4 is 10.6 Å². The van der Waals surface area contributed by atoms with Crippen molar-refractivity contribution in [1.29, 1.82) is 0 Å². The third-order valence-electron chi connectivity index (χ3n) is 4.45. The highest BCUT2D eigenvalue weighted by atomic mass is 16.2. The standard InChI is InChI=1S/C19H31N5O/c1-4-20-19(22-14-18(25)23(2)3)21-13-17-11-8-12-24(17)15-16-9-6-5-7-10-16/h5-7,9-10,17H,4,8,11-15H2,1-3H3,(H2,20,21,22). The highest BCUT2D eigenvalue weighted by molar-refractivity contribution is 5.84. The maximum absolute atomic E-state index is 11.7. The van der Waals surface area contributed by atoms with Crippen molar-refractivity contribution in [3.05, 3.63) is 35.9 Å². The highest BCUT2D eigenvalue weighted by Gasteiger charge is 2.24. The molecule has 1 unspecified atom stereocenters. The molecule has 1 heterocycles. The number of carbonyl (C=O) groups excluding carboxylic acids is 1. The van der Waals surface area contributed by atoms with Crippen LogP contribution in [-0.4, -0.2) is 68.0 Å². The van der Waals surface area contributed by atoms with Gasteiger partial charge in [0.05, 0.1) is 0 Å². The number of hydrogen-bond acceptors (Lipinski definition) is 3. The van der Waals surface area contributed by atoms with Crippen molar-refractivity contribution in [3.63, 3.8) is 0 Å². The average Bonchev–Trinajstić information content (AvgIpc) is 3.05. The molecule has 1 aliphatic heterocycles. The summed E-state index contributed by atoms with van der Waals surface area (Å²) in [5.74, 6) is 0.716. The van der Waals surface area contributed by atoms with E-state index in [-0.39, 0.29) is 12.5 Å². The first-order chi connectivity index (χ1) is 12.1. The van der Waals surface area contributed by atoms with Crippen molar-refractivity contribution in [2.45, 2.75) is 32.4 Å². The average molecular weight is 345 g/mol. The Bertz CT molecular complexity index is 558. The summed E-state index contributed by atoms with van der Waals surface area (Å²) in [6.45, 7) is 5.94. The van der Waals surface area contributed by atoms with Crippen LogP contribution in [0.15, 0.2) is 35.3 Å². The van der Waals surface area contributed by atoms with E-state index in [0.717, 1.165) is 26.2 Å². The molecule has 0 radical (unpaired) electrons. The van der Waals surface area contributed by atoms with Gasteiger partial charge in [-0.05, 0) is 31.9 Å². The van der Waals surface area contributed by atoms with Gasteiger partial charge in [-0.25, -0.2) is 4.99 Å². The molecule has 1 aromatic rings. The van der Waals surface area contributed by atoms with Crippen LogP contribution in [0.4, 0.5) is 0 Å². The van der Waals surface area contributed by atoms with E-state index in [4.69, 9.17) is 0 Å². The van der Waals surface area contributed by atoms with Crippen molar-refractivity contribution < 1.29 is 4.79 Å². The molecule has 1 amide bonds. The van der Waals surface area contributed by atoms with E-state index in [1.165, 1.54) is 18.4 Å². The third-order valence-corrected chi connectivity index (χ3v) is 4.45. The predicted octanol–water partition coefficient (Wildman–Crippen LogP) is 1.29. The summed E-state index contributed by atoms with van der Waals surface area (Å²) in [6.07, 6.45) is 2.42. The van der Waals surface area contributed by atoms with Gasteiger partial charge in [0, 0.05) is 39.8 Å². The molecule has 2 N–H and O–H groups in total. The van der Waals surface area contributed by atoms with Gasteiger partial charge < -0.3 is 15.5 Å². The number of likely N-dealkylation sites (tertiary alicyclic amines) is 1. The molecule has 1 atom stereocenters. The summed E-state index contributed by atoms with van der Waals surface area (Å²) in [7, 11) is 3.50. The molecule has 0 spiro atoms. The number of carbonyl (C=O) groups is 1. The van der Waals surface area contributed by atoms with E-state index in [0.29, 0.717) is 12.0 Å². The molecular weight excluding hydrogens is 314 g/mol. The fraction of sp³-hybridized carbons (Fsp3) is 0.579. The minimum absolute atomic E-state index is 0.00349. The lowest BCUT2D eigenvalue weighted by atomic mass is 10.2. The summed E-state index contributed by atoms with van der Waals surface area (Å²) in [4.78, 5) is 20.2. The van der Waals surface area contributed by atoms with E-state index < -0.39 is 0 Å². The molecule has 0 aromatic heterocycles. The monoisotopic (exact) mass is 345 g/mol. The molecule has 1 saturated heterocycles. The van der Waals surface area contributed by atoms with Gasteiger partial charge in [-0.2, -0.15) is 0 Å². The van der Waals surface area contributed by atoms with Gasteiger partial charge in [-0.3, -0.25) is 9.69 Å². The number of hydrogen-bond donors (Lipinski definition) is 2. The molecule has 6 heteroatoms. The number of nitrogens with zero attached hydrogens (tertiary/aromatic N) is 3. The second kappa shape index (κ2) is 10.0. The summed E-state index contributed by atoms with van der Waals surface area (Å²) in [5, 5.41) is 6.61. The minimum atomic E-state index is 0.00349. The van der Waals surface area contributed by atoms with Crippen LogP contribution in [0, 0.1) is 0 Å². The van der Waals surface area contributed by atoms with Crippen molar-refractivity contribution >= 4 is 11.9 Å². The molecule has 1 aromatic carbocycles. The molecule has 25 heavy (non-hydrogen) atoms. The molecule has 1 fully saturated rings. The number of rotatable bonds is 7. The Hall–Kier alpha value is -2.08. The Morgan fingerprint density at radius 2 is 2.04 bits per heavy atom. The second-order valence-electron chi connectivity index (χ2n) is 6.62. The van der Waals surface area contributed by atoms with E-state index in [2.05, 4.69) is 50.9 Å². The summed E-state index contributed by atoms with van der Waals surface area (Å²) < 4.78 is 0. The van der Waals surface area contributed by atoms with Crippen LogP contribution in [-0.2, 0) is 11.3 Å². The maximum atomic E-state index is 11.7. The zero-order valence-electron chi connectivity index (χ0n) is 15.7. The van der Waals surface area contributed by atoms with Gasteiger partial charge in [-0.1, -0.05) is 30.3 Å². The van der Waals surface area contributed by atoms with Crippen LogP contribution in [0.1, 0.15) is 25.3 Å². The molecular formula is C19H31N5O. The summed E-state index contributed by atoms with van der Waals surface area (Å²) >= 11 is 0. The smallest absolute Gasteiger partial charge is 0.243 e. The Labute approximate surface area is 151 Å². The van der Waals surface area contributed by atoms with E-state index in [1.807, 2.05) is 6.92 Å². The van der Waals surface area contributed by atoms with Gasteiger partial charge >= 0.3 is 0 Å². The number of amides is 1. The van der Waals surface area contributed by atoms with Crippen LogP contribution in [0.25, 0.3) is 0 Å². The SMILES string of the molecule is CCNC(=NCC(=O)N(C)C)NCC1CCCN1Cc1ccccc1. The molecule has 138 valence electrons. The molecule has 2 rings (SSSR count). The van der Waals surface area contributed by atoms with Crippen molar-refractivity contribution in [2.24, 2.45) is 4.99 Å². The van der Waals surface area contributed by atoms with E-state index >= 15 is 0 Å². The van der Waals surface area contributed by atoms with Gasteiger partial charge in [0.25, 0.3) is 0 Å².